The average Bonchev–Trinajstić information content (AvgIpc) is 2.84. The Kier molecular flexibility index (Phi) is 12.9. The van der Waals surface area contributed by atoms with E-state index in [1.165, 1.54) is 5.56 Å². The van der Waals surface area contributed by atoms with Crippen LogP contribution in [0.5, 0.6) is 0 Å². The van der Waals surface area contributed by atoms with E-state index in [-0.39, 0.29) is 30.9 Å². The highest BCUT2D eigenvalue weighted by Crippen LogP contribution is 2.23. The first-order valence-corrected chi connectivity index (χ1v) is 13.3. The second-order valence-electron chi connectivity index (χ2n) is 11.2. The number of nitrogens with one attached hydrogen (secondary N) is 1. The van der Waals surface area contributed by atoms with E-state index in [0.717, 1.165) is 16.8 Å². The van der Waals surface area contributed by atoms with Crippen LogP contribution in [-0.4, -0.2) is 55.4 Å². The number of amides is 1. The van der Waals surface area contributed by atoms with Crippen LogP contribution in [0.15, 0.2) is 77.2 Å². The maximum Gasteiger partial charge on any atom is 0.349 e. The van der Waals surface area contributed by atoms with Crippen molar-refractivity contribution >= 4 is 17.6 Å². The molecule has 0 aliphatic carbocycles. The summed E-state index contributed by atoms with van der Waals surface area (Å²) in [6, 6.07) is 8.34. The molecule has 1 aromatic carbocycles. The molecule has 0 aliphatic heterocycles. The number of carbonyl (C=O) groups excluding carboxylic acids is 2. The standard InChI is InChI=1S/C32H47N3O4/c1-12-38-30(37)32(8,9)39-28(23(2)3)21-16-24(4)22-33-29(36)15-13-14-27(34-35(10)11)25-17-19-26(20-18-25)31(5,6)7/h13-14,16-21H,4,12,15,22H2,1-3,5-11H3,(H,33,36)/b14-13+,21-16-,34-27+. The van der Waals surface area contributed by atoms with E-state index in [0.29, 0.717) is 11.3 Å². The Morgan fingerprint density at radius 3 is 2.15 bits per heavy atom. The lowest BCUT2D eigenvalue weighted by molar-refractivity contribution is -0.163. The van der Waals surface area contributed by atoms with Crippen LogP contribution in [0.4, 0.5) is 0 Å². The van der Waals surface area contributed by atoms with Gasteiger partial charge in [-0.15, -0.1) is 0 Å². The number of ether oxygens (including phenoxy) is 2. The van der Waals surface area contributed by atoms with E-state index >= 15 is 0 Å². The molecule has 0 fully saturated rings. The largest absolute Gasteiger partial charge is 0.476 e. The Balaban J connectivity index is 2.75. The van der Waals surface area contributed by atoms with Crippen LogP contribution in [0.3, 0.4) is 0 Å². The molecule has 1 aromatic rings. The molecule has 0 aliphatic rings. The van der Waals surface area contributed by atoms with Gasteiger partial charge < -0.3 is 19.8 Å². The van der Waals surface area contributed by atoms with E-state index in [2.05, 4.69) is 62.0 Å². The first kappa shape index (κ1) is 33.4. The Bertz CT molecular complexity index is 1110. The smallest absolute Gasteiger partial charge is 0.349 e. The van der Waals surface area contributed by atoms with Crippen LogP contribution >= 0.6 is 0 Å². The van der Waals surface area contributed by atoms with E-state index in [1.807, 2.05) is 34.0 Å². The Morgan fingerprint density at radius 2 is 1.64 bits per heavy atom. The van der Waals surface area contributed by atoms with Gasteiger partial charge in [-0.1, -0.05) is 63.8 Å². The van der Waals surface area contributed by atoms with E-state index in [1.54, 1.807) is 44.0 Å². The second kappa shape index (κ2) is 15.1. The summed E-state index contributed by atoms with van der Waals surface area (Å²) in [7, 11) is 3.74. The fourth-order valence-electron chi connectivity index (χ4n) is 3.28. The third kappa shape index (κ3) is 12.2. The molecular weight excluding hydrogens is 490 g/mol. The van der Waals surface area contributed by atoms with Gasteiger partial charge in [0.15, 0.2) is 5.60 Å². The summed E-state index contributed by atoms with van der Waals surface area (Å²) in [6.07, 6.45) is 7.40. The monoisotopic (exact) mass is 537 g/mol. The number of hydrogen-bond donors (Lipinski definition) is 1. The zero-order valence-corrected chi connectivity index (χ0v) is 25.5. The summed E-state index contributed by atoms with van der Waals surface area (Å²) in [6.45, 7) is 20.0. The van der Waals surface area contributed by atoms with Crippen molar-refractivity contribution in [3.63, 3.8) is 0 Å². The Morgan fingerprint density at radius 1 is 1.03 bits per heavy atom. The molecular formula is C32H47N3O4. The lowest BCUT2D eigenvalue weighted by Crippen LogP contribution is -2.36. The van der Waals surface area contributed by atoms with Crippen LogP contribution in [0.1, 0.15) is 72.9 Å². The highest BCUT2D eigenvalue weighted by molar-refractivity contribution is 6.08. The predicted octanol–water partition coefficient (Wildman–Crippen LogP) is 6.08. The molecule has 0 spiro atoms. The number of hydrogen-bond acceptors (Lipinski definition) is 6. The van der Waals surface area contributed by atoms with Crippen molar-refractivity contribution in [3.8, 4) is 0 Å². The van der Waals surface area contributed by atoms with Gasteiger partial charge in [0.05, 0.1) is 12.3 Å². The molecule has 7 heteroatoms. The van der Waals surface area contributed by atoms with Crippen molar-refractivity contribution in [1.29, 1.82) is 0 Å². The fourth-order valence-corrected chi connectivity index (χ4v) is 3.28. The molecule has 0 atom stereocenters. The van der Waals surface area contributed by atoms with Crippen molar-refractivity contribution in [2.24, 2.45) is 5.10 Å². The van der Waals surface area contributed by atoms with E-state index in [9.17, 15) is 9.59 Å². The highest BCUT2D eigenvalue weighted by atomic mass is 16.6. The number of hydrazone groups is 1. The number of benzene rings is 1. The zero-order chi connectivity index (χ0) is 29.8. The van der Waals surface area contributed by atoms with Crippen molar-refractivity contribution in [1.82, 2.24) is 10.3 Å². The molecule has 0 heterocycles. The number of nitrogens with zero attached hydrogens (tertiary/aromatic N) is 2. The molecule has 1 rings (SSSR count). The van der Waals surface area contributed by atoms with Crippen molar-refractivity contribution in [3.05, 3.63) is 83.2 Å². The molecule has 0 saturated carbocycles. The van der Waals surface area contributed by atoms with Crippen molar-refractivity contribution in [2.45, 2.75) is 72.8 Å². The molecule has 214 valence electrons. The van der Waals surface area contributed by atoms with Crippen LogP contribution in [0.25, 0.3) is 0 Å². The molecule has 1 N–H and O–H groups in total. The number of rotatable bonds is 13. The van der Waals surface area contributed by atoms with Gasteiger partial charge in [-0.25, -0.2) is 4.79 Å². The third-order valence-electron chi connectivity index (χ3n) is 5.54. The Labute approximate surface area is 235 Å². The average molecular weight is 538 g/mol. The first-order chi connectivity index (χ1) is 18.1. The van der Waals surface area contributed by atoms with Crippen LogP contribution in [0, 0.1) is 0 Å². The van der Waals surface area contributed by atoms with Gasteiger partial charge in [0.2, 0.25) is 5.91 Å². The number of carbonyl (C=O) groups is 2. The van der Waals surface area contributed by atoms with Gasteiger partial charge in [0.25, 0.3) is 0 Å². The normalized spacial score (nSPS) is 12.4. The highest BCUT2D eigenvalue weighted by Gasteiger charge is 2.32. The second-order valence-corrected chi connectivity index (χ2v) is 11.2. The molecule has 7 nitrogen and oxygen atoms in total. The van der Waals surface area contributed by atoms with Gasteiger partial charge in [-0.3, -0.25) is 4.79 Å². The molecule has 0 aromatic heterocycles. The van der Waals surface area contributed by atoms with Crippen LogP contribution in [-0.2, 0) is 24.5 Å². The van der Waals surface area contributed by atoms with Gasteiger partial charge in [-0.2, -0.15) is 5.10 Å². The van der Waals surface area contributed by atoms with Gasteiger partial charge in [0, 0.05) is 32.6 Å². The fraction of sp³-hybridized carbons (Fsp3) is 0.469. The topological polar surface area (TPSA) is 80.2 Å². The van der Waals surface area contributed by atoms with Crippen molar-refractivity contribution in [2.75, 3.05) is 27.2 Å². The summed E-state index contributed by atoms with van der Waals surface area (Å²) in [4.78, 5) is 24.6. The lowest BCUT2D eigenvalue weighted by Gasteiger charge is -2.25. The van der Waals surface area contributed by atoms with Crippen molar-refractivity contribution < 1.29 is 19.1 Å². The van der Waals surface area contributed by atoms with Crippen LogP contribution in [0.2, 0.25) is 0 Å². The SMILES string of the molecule is C=C(/C=C\C(OC(C)(C)C(=O)OCC)=C(C)C)CNC(=O)C/C=C/C(=N\N(C)C)c1ccc(C(C)(C)C)cc1. The summed E-state index contributed by atoms with van der Waals surface area (Å²) in [5, 5.41) is 9.19. The van der Waals surface area contributed by atoms with Gasteiger partial charge >= 0.3 is 5.97 Å². The minimum absolute atomic E-state index is 0.0734. The third-order valence-corrected chi connectivity index (χ3v) is 5.54. The number of esters is 1. The summed E-state index contributed by atoms with van der Waals surface area (Å²) in [5.74, 6) is -0.0149. The molecule has 0 saturated heterocycles. The van der Waals surface area contributed by atoms with E-state index in [4.69, 9.17) is 9.47 Å². The summed E-state index contributed by atoms with van der Waals surface area (Å²) in [5.41, 5.74) is 3.54. The van der Waals surface area contributed by atoms with Gasteiger partial charge in [0.1, 0.15) is 5.76 Å². The molecule has 0 unspecified atom stereocenters. The lowest BCUT2D eigenvalue weighted by atomic mass is 9.86. The maximum absolute atomic E-state index is 12.4. The summed E-state index contributed by atoms with van der Waals surface area (Å²) >= 11 is 0. The van der Waals surface area contributed by atoms with Gasteiger partial charge in [-0.05, 0) is 68.9 Å². The predicted molar refractivity (Wildman–Crippen MR) is 161 cm³/mol. The first-order valence-electron chi connectivity index (χ1n) is 13.3. The molecule has 1 amide bonds. The van der Waals surface area contributed by atoms with E-state index < -0.39 is 11.6 Å². The Hall–Kier alpha value is -3.61. The molecule has 0 radical (unpaired) electrons. The molecule has 0 bridgehead atoms. The number of allylic oxidation sites excluding steroid dienone is 3. The maximum atomic E-state index is 12.4. The van der Waals surface area contributed by atoms with Crippen LogP contribution < -0.4 is 5.32 Å². The quantitative estimate of drug-likeness (QED) is 0.108. The molecule has 39 heavy (non-hydrogen) atoms. The zero-order valence-electron chi connectivity index (χ0n) is 25.5. The minimum atomic E-state index is -1.13. The minimum Gasteiger partial charge on any atom is -0.476 e. The summed E-state index contributed by atoms with van der Waals surface area (Å²) < 4.78 is 11.0.